The van der Waals surface area contributed by atoms with Gasteiger partial charge in [-0.3, -0.25) is 4.79 Å². The van der Waals surface area contributed by atoms with E-state index in [0.717, 1.165) is 12.8 Å². The summed E-state index contributed by atoms with van der Waals surface area (Å²) in [6.07, 6.45) is 2.51. The van der Waals surface area contributed by atoms with Gasteiger partial charge in [0.15, 0.2) is 0 Å². The average molecular weight is 103 g/mol. The molecule has 0 saturated carbocycles. The van der Waals surface area contributed by atoms with Gasteiger partial charge in [-0.05, 0) is 6.42 Å². The number of rotatable bonds is 3. The minimum absolute atomic E-state index is 0. The summed E-state index contributed by atoms with van der Waals surface area (Å²) in [7, 11) is 0. The second kappa shape index (κ2) is 3.65. The van der Waals surface area contributed by atoms with Crippen LogP contribution in [0.4, 0.5) is 0 Å². The first-order valence-corrected chi connectivity index (χ1v) is 2.55. The van der Waals surface area contributed by atoms with Crippen LogP contribution in [0.5, 0.6) is 0 Å². The van der Waals surface area contributed by atoms with Crippen LogP contribution in [0.25, 0.3) is 0 Å². The largest absolute Gasteiger partial charge is 0.370 e. The summed E-state index contributed by atoms with van der Waals surface area (Å²) in [5.41, 5.74) is 4.84. The van der Waals surface area contributed by atoms with E-state index in [-0.39, 0.29) is 7.33 Å². The molecule has 0 aromatic heterocycles. The Bertz CT molecular complexity index is 65.4. The molecule has 0 aliphatic rings. The molecule has 1 amide bonds. The van der Waals surface area contributed by atoms with E-state index >= 15 is 0 Å². The molecule has 0 unspecified atom stereocenters. The molecule has 7 heavy (non-hydrogen) atoms. The minimum Gasteiger partial charge on any atom is -0.370 e. The Hall–Kier alpha value is -0.530. The van der Waals surface area contributed by atoms with Crippen molar-refractivity contribution in [2.75, 3.05) is 0 Å². The maximum Gasteiger partial charge on any atom is 0.217 e. The Balaban J connectivity index is 0. The summed E-state index contributed by atoms with van der Waals surface area (Å²) in [5, 5.41) is 0. The number of unbranched alkanes of at least 4 members (excludes halogenated alkanes) is 1. The second-order valence-electron chi connectivity index (χ2n) is 1.57. The fraction of sp³-hybridized carbons (Fsp3) is 0.800. The first-order chi connectivity index (χ1) is 3.27. The molecule has 0 rings (SSSR count). The monoisotopic (exact) mass is 103 g/mol. The highest BCUT2D eigenvalue weighted by molar-refractivity contribution is 5.73. The zero-order chi connectivity index (χ0) is 5.70. The van der Waals surface area contributed by atoms with Gasteiger partial charge in [-0.1, -0.05) is 13.3 Å². The highest BCUT2D eigenvalue weighted by Gasteiger charge is 1.88. The van der Waals surface area contributed by atoms with Crippen LogP contribution in [0, 0.1) is 0 Å². The molecule has 0 aliphatic carbocycles. The topological polar surface area (TPSA) is 43.1 Å². The smallest absolute Gasteiger partial charge is 0.217 e. The van der Waals surface area contributed by atoms with Crippen LogP contribution >= 0.6 is 0 Å². The van der Waals surface area contributed by atoms with Crippen molar-refractivity contribution in [3.63, 3.8) is 0 Å². The zero-order valence-corrected chi connectivity index (χ0v) is 4.61. The highest BCUT2D eigenvalue weighted by Crippen LogP contribution is 1.89. The third-order valence-electron chi connectivity index (χ3n) is 0.777. The zero-order valence-electron chi connectivity index (χ0n) is 4.61. The molecular weight excluding hydrogens is 90.1 g/mol. The number of amides is 1. The minimum atomic E-state index is -0.193. The van der Waals surface area contributed by atoms with Gasteiger partial charge in [-0.15, -0.1) is 0 Å². The van der Waals surface area contributed by atoms with Gasteiger partial charge in [0.05, 0.1) is 0 Å². The van der Waals surface area contributed by atoms with E-state index < -0.39 is 0 Å². The lowest BCUT2D eigenvalue weighted by atomic mass is 10.2. The van der Waals surface area contributed by atoms with Gasteiger partial charge in [-0.2, -0.15) is 0 Å². The predicted molar refractivity (Wildman–Crippen MR) is 30.8 cm³/mol. The first-order valence-electron chi connectivity index (χ1n) is 2.55. The lowest BCUT2D eigenvalue weighted by Crippen LogP contribution is -2.09. The molecular formula is C5H13NO. The standard InChI is InChI=1S/C5H11NO.H2/c1-2-3-4-5(6)7;/h2-4H2,1H3,(H2,6,7);1H. The molecule has 0 spiro atoms. The maximum absolute atomic E-state index is 9.98. The number of hydrogen-bond donors (Lipinski definition) is 1. The van der Waals surface area contributed by atoms with Crippen molar-refractivity contribution in [1.82, 2.24) is 0 Å². The van der Waals surface area contributed by atoms with E-state index in [1.54, 1.807) is 0 Å². The average Bonchev–Trinajstić information content (AvgIpc) is 1.61. The van der Waals surface area contributed by atoms with Gasteiger partial charge < -0.3 is 5.73 Å². The molecule has 2 N–H and O–H groups in total. The molecule has 2 heteroatoms. The van der Waals surface area contributed by atoms with Gasteiger partial charge in [-0.25, -0.2) is 0 Å². The molecule has 0 fully saturated rings. The van der Waals surface area contributed by atoms with Crippen LogP contribution < -0.4 is 5.73 Å². The number of hydrogen-bond acceptors (Lipinski definition) is 1. The third-order valence-corrected chi connectivity index (χ3v) is 0.777. The van der Waals surface area contributed by atoms with E-state index in [1.807, 2.05) is 6.92 Å². The highest BCUT2D eigenvalue weighted by atomic mass is 16.1. The van der Waals surface area contributed by atoms with Gasteiger partial charge >= 0.3 is 0 Å². The molecule has 0 aromatic carbocycles. The molecule has 0 aromatic rings. The summed E-state index contributed by atoms with van der Waals surface area (Å²) >= 11 is 0. The Morgan fingerprint density at radius 2 is 2.43 bits per heavy atom. The van der Waals surface area contributed by atoms with Gasteiger partial charge in [0.1, 0.15) is 0 Å². The summed E-state index contributed by atoms with van der Waals surface area (Å²) in [6, 6.07) is 0. The quantitative estimate of drug-likeness (QED) is 0.566. The van der Waals surface area contributed by atoms with E-state index in [1.165, 1.54) is 0 Å². The van der Waals surface area contributed by atoms with Gasteiger partial charge in [0.25, 0.3) is 0 Å². The fourth-order valence-electron chi connectivity index (χ4n) is 0.351. The van der Waals surface area contributed by atoms with E-state index in [2.05, 4.69) is 0 Å². The number of primary amides is 1. The Morgan fingerprint density at radius 3 is 2.57 bits per heavy atom. The predicted octanol–water partition coefficient (Wildman–Crippen LogP) is 0.908. The summed E-state index contributed by atoms with van der Waals surface area (Å²) < 4.78 is 0. The van der Waals surface area contributed by atoms with Crippen LogP contribution in [-0.4, -0.2) is 5.91 Å². The second-order valence-corrected chi connectivity index (χ2v) is 1.57. The molecule has 0 radical (unpaired) electrons. The Kier molecular flexibility index (Phi) is 3.38. The van der Waals surface area contributed by atoms with Crippen LogP contribution in [0.2, 0.25) is 0 Å². The fourth-order valence-corrected chi connectivity index (χ4v) is 0.351. The number of carbonyl (C=O) groups excluding carboxylic acids is 1. The Labute approximate surface area is 45.2 Å². The van der Waals surface area contributed by atoms with Crippen molar-refractivity contribution in [3.05, 3.63) is 0 Å². The molecule has 0 bridgehead atoms. The molecule has 0 aliphatic heterocycles. The van der Waals surface area contributed by atoms with Crippen LogP contribution in [0.1, 0.15) is 27.6 Å². The van der Waals surface area contributed by atoms with Crippen LogP contribution in [0.3, 0.4) is 0 Å². The summed E-state index contributed by atoms with van der Waals surface area (Å²) in [5.74, 6) is -0.193. The SMILES string of the molecule is CCCCC(N)=O.[HH]. The van der Waals surface area contributed by atoms with Crippen LogP contribution in [0.15, 0.2) is 0 Å². The first kappa shape index (κ1) is 6.47. The van der Waals surface area contributed by atoms with Crippen LogP contribution in [-0.2, 0) is 4.79 Å². The van der Waals surface area contributed by atoms with E-state index in [0.29, 0.717) is 6.42 Å². The lowest BCUT2D eigenvalue weighted by Gasteiger charge is -1.86. The maximum atomic E-state index is 9.98. The summed E-state index contributed by atoms with van der Waals surface area (Å²) in [4.78, 5) is 9.98. The molecule has 44 valence electrons. The summed E-state index contributed by atoms with van der Waals surface area (Å²) in [6.45, 7) is 2.03. The molecule has 0 heterocycles. The molecule has 2 nitrogen and oxygen atoms in total. The molecule has 0 atom stereocenters. The van der Waals surface area contributed by atoms with Crippen molar-refractivity contribution >= 4 is 5.91 Å². The van der Waals surface area contributed by atoms with Gasteiger partial charge in [0, 0.05) is 7.85 Å². The molecule has 0 saturated heterocycles. The van der Waals surface area contributed by atoms with E-state index in [4.69, 9.17) is 5.73 Å². The normalized spacial score (nSPS) is 8.71. The van der Waals surface area contributed by atoms with Crippen molar-refractivity contribution in [1.29, 1.82) is 0 Å². The Morgan fingerprint density at radius 1 is 1.86 bits per heavy atom. The van der Waals surface area contributed by atoms with Crippen molar-refractivity contribution in [2.45, 2.75) is 26.2 Å². The van der Waals surface area contributed by atoms with Crippen molar-refractivity contribution < 1.29 is 6.22 Å². The van der Waals surface area contributed by atoms with E-state index in [9.17, 15) is 4.79 Å². The lowest BCUT2D eigenvalue weighted by molar-refractivity contribution is -0.118. The van der Waals surface area contributed by atoms with Gasteiger partial charge in [0.2, 0.25) is 5.91 Å². The third kappa shape index (κ3) is 5.47. The van der Waals surface area contributed by atoms with Crippen molar-refractivity contribution in [2.24, 2.45) is 5.73 Å². The number of carbonyl (C=O) groups is 1. The van der Waals surface area contributed by atoms with Crippen molar-refractivity contribution in [3.8, 4) is 0 Å². The number of nitrogens with two attached hydrogens (primary N) is 1.